The number of hydrogen-bond acceptors (Lipinski definition) is 4. The second kappa shape index (κ2) is 8.37. The third kappa shape index (κ3) is 4.10. The van der Waals surface area contributed by atoms with Crippen molar-refractivity contribution in [1.82, 2.24) is 5.32 Å². The van der Waals surface area contributed by atoms with Crippen LogP contribution >= 0.6 is 0 Å². The summed E-state index contributed by atoms with van der Waals surface area (Å²) in [7, 11) is 0. The molecule has 1 atom stereocenters. The molecule has 1 aliphatic rings. The molecular weight excluding hydrogens is 364 g/mol. The number of ether oxygens (including phenoxy) is 1. The molecule has 148 valence electrons. The van der Waals surface area contributed by atoms with Crippen LogP contribution in [0.1, 0.15) is 22.6 Å². The monoisotopic (exact) mass is 388 g/mol. The molecule has 0 aromatic heterocycles. The van der Waals surface area contributed by atoms with Crippen molar-refractivity contribution in [3.05, 3.63) is 89.5 Å². The molecule has 0 fully saturated rings. The average molecular weight is 388 g/mol. The molecule has 0 spiro atoms. The largest absolute Gasteiger partial charge is 0.508 e. The first-order valence-corrected chi connectivity index (χ1v) is 9.75. The zero-order valence-corrected chi connectivity index (χ0v) is 16.0. The van der Waals surface area contributed by atoms with Crippen LogP contribution in [0.3, 0.4) is 0 Å². The van der Waals surface area contributed by atoms with Gasteiger partial charge in [0.05, 0.1) is 0 Å². The van der Waals surface area contributed by atoms with Gasteiger partial charge in [-0.2, -0.15) is 0 Å². The molecule has 1 aliphatic carbocycles. The zero-order chi connectivity index (χ0) is 20.2. The third-order valence-electron chi connectivity index (χ3n) is 5.37. The number of carbonyl (C=O) groups excluding carboxylic acids is 1. The number of alkyl carbamates (subject to hydrolysis) is 1. The molecule has 0 unspecified atom stereocenters. The Balaban J connectivity index is 1.40. The van der Waals surface area contributed by atoms with Crippen molar-refractivity contribution in [1.29, 1.82) is 0 Å². The van der Waals surface area contributed by atoms with Crippen LogP contribution in [0.2, 0.25) is 0 Å². The van der Waals surface area contributed by atoms with E-state index in [1.165, 1.54) is 22.3 Å². The van der Waals surface area contributed by atoms with E-state index in [9.17, 15) is 9.90 Å². The van der Waals surface area contributed by atoms with Gasteiger partial charge >= 0.3 is 6.09 Å². The highest BCUT2D eigenvalue weighted by Gasteiger charge is 2.29. The van der Waals surface area contributed by atoms with Crippen LogP contribution in [0, 0.1) is 0 Å². The molecule has 3 aromatic carbocycles. The Labute approximate surface area is 170 Å². The number of phenolic OH excluding ortho intramolecular Hbond substituents is 1. The average Bonchev–Trinajstić information content (AvgIpc) is 3.07. The summed E-state index contributed by atoms with van der Waals surface area (Å²) in [6, 6.07) is 23.1. The highest BCUT2D eigenvalue weighted by atomic mass is 16.5. The van der Waals surface area contributed by atoms with E-state index in [4.69, 9.17) is 10.5 Å². The summed E-state index contributed by atoms with van der Waals surface area (Å²) >= 11 is 0. The van der Waals surface area contributed by atoms with Crippen LogP contribution in [0.25, 0.3) is 11.1 Å². The summed E-state index contributed by atoms with van der Waals surface area (Å²) in [4.78, 5) is 12.4. The lowest BCUT2D eigenvalue weighted by molar-refractivity contribution is 0.139. The van der Waals surface area contributed by atoms with Gasteiger partial charge in [0.25, 0.3) is 0 Å². The second-order valence-electron chi connectivity index (χ2n) is 7.27. The van der Waals surface area contributed by atoms with Crippen molar-refractivity contribution < 1.29 is 14.6 Å². The number of aromatic hydroxyl groups is 1. The van der Waals surface area contributed by atoms with E-state index in [0.717, 1.165) is 5.56 Å². The number of nitrogens with one attached hydrogen (secondary N) is 1. The van der Waals surface area contributed by atoms with E-state index in [0.29, 0.717) is 13.0 Å². The molecule has 0 saturated carbocycles. The third-order valence-corrected chi connectivity index (χ3v) is 5.37. The molecule has 29 heavy (non-hydrogen) atoms. The van der Waals surface area contributed by atoms with Crippen LogP contribution < -0.4 is 11.1 Å². The maximum absolute atomic E-state index is 12.4. The van der Waals surface area contributed by atoms with Gasteiger partial charge in [-0.3, -0.25) is 0 Å². The molecule has 5 heteroatoms. The lowest BCUT2D eigenvalue weighted by Crippen LogP contribution is -2.42. The van der Waals surface area contributed by atoms with E-state index in [1.54, 1.807) is 12.1 Å². The minimum atomic E-state index is -0.471. The molecule has 1 amide bonds. The normalized spacial score (nSPS) is 13.4. The maximum Gasteiger partial charge on any atom is 0.407 e. The van der Waals surface area contributed by atoms with Gasteiger partial charge in [0.2, 0.25) is 0 Å². The first-order chi connectivity index (χ1) is 14.2. The predicted molar refractivity (Wildman–Crippen MR) is 113 cm³/mol. The fraction of sp³-hybridized carbons (Fsp3) is 0.208. The van der Waals surface area contributed by atoms with Crippen molar-refractivity contribution in [2.24, 2.45) is 5.73 Å². The number of fused-ring (bicyclic) bond motifs is 3. The number of phenols is 1. The molecule has 4 rings (SSSR count). The summed E-state index contributed by atoms with van der Waals surface area (Å²) in [5.74, 6) is 0.240. The highest BCUT2D eigenvalue weighted by molar-refractivity contribution is 5.79. The van der Waals surface area contributed by atoms with E-state index in [-0.39, 0.29) is 24.3 Å². The molecule has 0 aliphatic heterocycles. The van der Waals surface area contributed by atoms with Crippen molar-refractivity contribution in [2.75, 3.05) is 13.2 Å². The summed E-state index contributed by atoms with van der Waals surface area (Å²) in [6.45, 7) is 0.571. The Hall–Kier alpha value is -3.31. The Bertz CT molecular complexity index is 956. The van der Waals surface area contributed by atoms with Gasteiger partial charge in [-0.1, -0.05) is 60.7 Å². The van der Waals surface area contributed by atoms with E-state index < -0.39 is 6.09 Å². The topological polar surface area (TPSA) is 84.6 Å². The Morgan fingerprint density at radius 1 is 0.966 bits per heavy atom. The molecule has 5 nitrogen and oxygen atoms in total. The number of hydrogen-bond donors (Lipinski definition) is 3. The van der Waals surface area contributed by atoms with E-state index >= 15 is 0 Å². The Kier molecular flexibility index (Phi) is 5.49. The predicted octanol–water partition coefficient (Wildman–Crippen LogP) is 3.80. The van der Waals surface area contributed by atoms with E-state index in [2.05, 4.69) is 29.6 Å². The molecule has 0 radical (unpaired) electrons. The summed E-state index contributed by atoms with van der Waals surface area (Å²) in [5, 5.41) is 12.2. The number of benzene rings is 3. The van der Waals surface area contributed by atoms with Gasteiger partial charge in [0, 0.05) is 18.5 Å². The standard InChI is InChI=1S/C24H24N2O3/c25-14-17(13-16-9-11-18(27)12-10-16)26-24(28)29-15-23-21-7-3-1-5-19(21)20-6-2-4-8-22(20)23/h1-12,17,23,27H,13-15,25H2,(H,26,28)/t17-/m0/s1. The minimum Gasteiger partial charge on any atom is -0.508 e. The smallest absolute Gasteiger partial charge is 0.407 e. The maximum atomic E-state index is 12.4. The summed E-state index contributed by atoms with van der Waals surface area (Å²) in [5.41, 5.74) is 11.6. The Morgan fingerprint density at radius 2 is 1.55 bits per heavy atom. The molecule has 0 saturated heterocycles. The van der Waals surface area contributed by atoms with Crippen LogP contribution in [-0.4, -0.2) is 30.4 Å². The van der Waals surface area contributed by atoms with E-state index in [1.807, 2.05) is 36.4 Å². The molecule has 0 bridgehead atoms. The second-order valence-corrected chi connectivity index (χ2v) is 7.27. The lowest BCUT2D eigenvalue weighted by atomic mass is 9.98. The van der Waals surface area contributed by atoms with Crippen LogP contribution in [0.4, 0.5) is 4.79 Å². The molecular formula is C24H24N2O3. The Morgan fingerprint density at radius 3 is 2.14 bits per heavy atom. The fourth-order valence-electron chi connectivity index (χ4n) is 3.92. The highest BCUT2D eigenvalue weighted by Crippen LogP contribution is 2.44. The number of rotatable bonds is 6. The van der Waals surface area contributed by atoms with Crippen molar-refractivity contribution in [2.45, 2.75) is 18.4 Å². The molecule has 4 N–H and O–H groups in total. The summed E-state index contributed by atoms with van der Waals surface area (Å²) < 4.78 is 5.58. The van der Waals surface area contributed by atoms with Crippen LogP contribution in [-0.2, 0) is 11.2 Å². The van der Waals surface area contributed by atoms with Gasteiger partial charge in [0.1, 0.15) is 12.4 Å². The molecule has 3 aromatic rings. The number of carbonyl (C=O) groups is 1. The first-order valence-electron chi connectivity index (χ1n) is 9.75. The quantitative estimate of drug-likeness (QED) is 0.600. The van der Waals surface area contributed by atoms with Gasteiger partial charge in [-0.05, 0) is 46.4 Å². The summed E-state index contributed by atoms with van der Waals surface area (Å²) in [6.07, 6.45) is 0.0992. The van der Waals surface area contributed by atoms with Gasteiger partial charge in [0.15, 0.2) is 0 Å². The van der Waals surface area contributed by atoms with Gasteiger partial charge in [-0.25, -0.2) is 4.79 Å². The number of amides is 1. The number of nitrogens with two attached hydrogens (primary N) is 1. The van der Waals surface area contributed by atoms with Crippen molar-refractivity contribution >= 4 is 6.09 Å². The molecule has 0 heterocycles. The minimum absolute atomic E-state index is 0.0292. The zero-order valence-electron chi connectivity index (χ0n) is 16.0. The van der Waals surface area contributed by atoms with Gasteiger partial charge in [-0.15, -0.1) is 0 Å². The van der Waals surface area contributed by atoms with Crippen LogP contribution in [0.15, 0.2) is 72.8 Å². The van der Waals surface area contributed by atoms with Crippen LogP contribution in [0.5, 0.6) is 5.75 Å². The van der Waals surface area contributed by atoms with Crippen molar-refractivity contribution in [3.63, 3.8) is 0 Å². The lowest BCUT2D eigenvalue weighted by Gasteiger charge is -2.19. The SMILES string of the molecule is NC[C@H](Cc1ccc(O)cc1)NC(=O)OCC1c2ccccc2-c2ccccc21. The van der Waals surface area contributed by atoms with Crippen molar-refractivity contribution in [3.8, 4) is 16.9 Å². The van der Waals surface area contributed by atoms with Gasteiger partial charge < -0.3 is 20.9 Å². The fourth-order valence-corrected chi connectivity index (χ4v) is 3.92. The first kappa shape index (κ1) is 19.0.